The van der Waals surface area contributed by atoms with Gasteiger partial charge in [-0.05, 0) is 26.7 Å². The first-order valence-electron chi connectivity index (χ1n) is 6.81. The average Bonchev–Trinajstić information content (AvgIpc) is 2.37. The van der Waals surface area contributed by atoms with Gasteiger partial charge in [0, 0.05) is 12.6 Å². The summed E-state index contributed by atoms with van der Waals surface area (Å²) in [5.41, 5.74) is -0.961. The topological polar surface area (TPSA) is 108 Å². The molecule has 0 unspecified atom stereocenters. The zero-order chi connectivity index (χ0) is 15.8. The molecule has 0 aromatic carbocycles. The number of rotatable bonds is 8. The average molecular weight is 287 g/mol. The Morgan fingerprint density at radius 2 is 1.65 bits per heavy atom. The van der Waals surface area contributed by atoms with Crippen molar-refractivity contribution < 1.29 is 19.5 Å². The minimum atomic E-state index is -0.961. The number of aliphatic carboxylic acids is 1. The standard InChI is InChI=1S/C13H25N3O4/c1-5-13(6-2,11(18)19)8-15-12(20)14-7-10(17)16-9(3)4/h9H,5-8H2,1-4H3,(H,16,17)(H,18,19)(H2,14,15,20). The van der Waals surface area contributed by atoms with Gasteiger partial charge in [0.15, 0.2) is 0 Å². The summed E-state index contributed by atoms with van der Waals surface area (Å²) in [6.45, 7) is 7.08. The van der Waals surface area contributed by atoms with Crippen LogP contribution < -0.4 is 16.0 Å². The quantitative estimate of drug-likeness (QED) is 0.527. The van der Waals surface area contributed by atoms with Crippen LogP contribution in [0.2, 0.25) is 0 Å². The van der Waals surface area contributed by atoms with E-state index in [1.54, 1.807) is 13.8 Å². The number of hydrogen-bond donors (Lipinski definition) is 4. The van der Waals surface area contributed by atoms with E-state index in [9.17, 15) is 19.5 Å². The van der Waals surface area contributed by atoms with E-state index in [-0.39, 0.29) is 25.0 Å². The highest BCUT2D eigenvalue weighted by Gasteiger charge is 2.35. The molecule has 0 bridgehead atoms. The van der Waals surface area contributed by atoms with Gasteiger partial charge in [0.25, 0.3) is 0 Å². The molecule has 0 spiro atoms. The van der Waals surface area contributed by atoms with E-state index in [1.165, 1.54) is 0 Å². The van der Waals surface area contributed by atoms with Gasteiger partial charge in [0.2, 0.25) is 5.91 Å². The molecule has 20 heavy (non-hydrogen) atoms. The lowest BCUT2D eigenvalue weighted by Crippen LogP contribution is -2.48. The Morgan fingerprint density at radius 1 is 1.10 bits per heavy atom. The molecule has 4 N–H and O–H groups in total. The van der Waals surface area contributed by atoms with Crippen molar-refractivity contribution in [3.63, 3.8) is 0 Å². The third-order valence-electron chi connectivity index (χ3n) is 3.25. The maximum Gasteiger partial charge on any atom is 0.315 e. The van der Waals surface area contributed by atoms with Crippen LogP contribution in [-0.4, -0.2) is 42.1 Å². The fourth-order valence-corrected chi connectivity index (χ4v) is 1.72. The second-order valence-corrected chi connectivity index (χ2v) is 5.05. The number of nitrogens with one attached hydrogen (secondary N) is 3. The van der Waals surface area contributed by atoms with Gasteiger partial charge < -0.3 is 21.1 Å². The van der Waals surface area contributed by atoms with Crippen molar-refractivity contribution in [2.45, 2.75) is 46.6 Å². The summed E-state index contributed by atoms with van der Waals surface area (Å²) in [5.74, 6) is -1.22. The van der Waals surface area contributed by atoms with Gasteiger partial charge >= 0.3 is 12.0 Å². The van der Waals surface area contributed by atoms with Crippen molar-refractivity contribution in [1.82, 2.24) is 16.0 Å². The number of amides is 3. The molecule has 0 atom stereocenters. The van der Waals surface area contributed by atoms with Crippen LogP contribution in [0.1, 0.15) is 40.5 Å². The third kappa shape index (κ3) is 5.90. The number of urea groups is 1. The number of hydrogen-bond acceptors (Lipinski definition) is 3. The van der Waals surface area contributed by atoms with Gasteiger partial charge in [0.1, 0.15) is 0 Å². The first-order chi connectivity index (χ1) is 9.27. The highest BCUT2D eigenvalue weighted by Crippen LogP contribution is 2.25. The maximum atomic E-state index is 11.5. The molecule has 0 fully saturated rings. The van der Waals surface area contributed by atoms with Gasteiger partial charge in [-0.15, -0.1) is 0 Å². The Labute approximate surface area is 119 Å². The van der Waals surface area contributed by atoms with Crippen molar-refractivity contribution in [3.8, 4) is 0 Å². The van der Waals surface area contributed by atoms with Crippen LogP contribution in [0, 0.1) is 5.41 Å². The van der Waals surface area contributed by atoms with Crippen LogP contribution in [-0.2, 0) is 9.59 Å². The SMILES string of the molecule is CCC(CC)(CNC(=O)NCC(=O)NC(C)C)C(=O)O. The zero-order valence-electron chi connectivity index (χ0n) is 12.6. The van der Waals surface area contributed by atoms with Crippen LogP contribution >= 0.6 is 0 Å². The molecule has 116 valence electrons. The lowest BCUT2D eigenvalue weighted by molar-refractivity contribution is -0.149. The summed E-state index contributed by atoms with van der Waals surface area (Å²) in [5, 5.41) is 16.8. The molecule has 0 saturated heterocycles. The molecule has 0 saturated carbocycles. The Hall–Kier alpha value is -1.79. The maximum absolute atomic E-state index is 11.5. The predicted molar refractivity (Wildman–Crippen MR) is 75.3 cm³/mol. The molecule has 0 aliphatic heterocycles. The van der Waals surface area contributed by atoms with Crippen molar-refractivity contribution in [2.75, 3.05) is 13.1 Å². The van der Waals surface area contributed by atoms with E-state index in [0.717, 1.165) is 0 Å². The Kier molecular flexibility index (Phi) is 7.64. The minimum Gasteiger partial charge on any atom is -0.481 e. The van der Waals surface area contributed by atoms with Gasteiger partial charge in [-0.25, -0.2) is 4.79 Å². The van der Waals surface area contributed by atoms with E-state index in [4.69, 9.17) is 0 Å². The molecule has 0 heterocycles. The number of carboxylic acids is 1. The summed E-state index contributed by atoms with van der Waals surface area (Å²) < 4.78 is 0. The monoisotopic (exact) mass is 287 g/mol. The molecule has 0 aromatic heterocycles. The number of carbonyl (C=O) groups is 3. The number of carbonyl (C=O) groups excluding carboxylic acids is 2. The molecule has 0 aliphatic carbocycles. The van der Waals surface area contributed by atoms with Gasteiger partial charge in [0.05, 0.1) is 12.0 Å². The first kappa shape index (κ1) is 18.2. The molecule has 7 heteroatoms. The summed E-state index contributed by atoms with van der Waals surface area (Å²) in [4.78, 5) is 34.1. The third-order valence-corrected chi connectivity index (χ3v) is 3.25. The van der Waals surface area contributed by atoms with E-state index in [1.807, 2.05) is 13.8 Å². The van der Waals surface area contributed by atoms with E-state index in [2.05, 4.69) is 16.0 Å². The van der Waals surface area contributed by atoms with Crippen LogP contribution in [0.4, 0.5) is 4.79 Å². The number of carboxylic acid groups (broad SMARTS) is 1. The van der Waals surface area contributed by atoms with Crippen LogP contribution in [0.15, 0.2) is 0 Å². The van der Waals surface area contributed by atoms with Crippen molar-refractivity contribution in [2.24, 2.45) is 5.41 Å². The summed E-state index contributed by atoms with van der Waals surface area (Å²) in [6, 6.07) is -0.538. The Balaban J connectivity index is 4.22. The zero-order valence-corrected chi connectivity index (χ0v) is 12.6. The molecular weight excluding hydrogens is 262 g/mol. The highest BCUT2D eigenvalue weighted by molar-refractivity contribution is 5.84. The van der Waals surface area contributed by atoms with E-state index in [0.29, 0.717) is 12.8 Å². The molecule has 0 radical (unpaired) electrons. The van der Waals surface area contributed by atoms with Crippen molar-refractivity contribution in [1.29, 1.82) is 0 Å². The smallest absolute Gasteiger partial charge is 0.315 e. The van der Waals surface area contributed by atoms with Crippen molar-refractivity contribution >= 4 is 17.9 Å². The van der Waals surface area contributed by atoms with Gasteiger partial charge in [-0.2, -0.15) is 0 Å². The Morgan fingerprint density at radius 3 is 2.05 bits per heavy atom. The molecule has 0 aliphatic rings. The fourth-order valence-electron chi connectivity index (χ4n) is 1.72. The largest absolute Gasteiger partial charge is 0.481 e. The molecule has 3 amide bonds. The van der Waals surface area contributed by atoms with Crippen LogP contribution in [0.3, 0.4) is 0 Å². The van der Waals surface area contributed by atoms with E-state index < -0.39 is 17.4 Å². The molecule has 7 nitrogen and oxygen atoms in total. The summed E-state index contributed by atoms with van der Waals surface area (Å²) in [7, 11) is 0. The first-order valence-corrected chi connectivity index (χ1v) is 6.81. The Bertz CT molecular complexity index is 352. The lowest BCUT2D eigenvalue weighted by Gasteiger charge is -2.26. The predicted octanol–water partition coefficient (Wildman–Crippen LogP) is 0.701. The second-order valence-electron chi connectivity index (χ2n) is 5.05. The normalized spacial score (nSPS) is 11.1. The van der Waals surface area contributed by atoms with Crippen LogP contribution in [0.5, 0.6) is 0 Å². The molecule has 0 rings (SSSR count). The van der Waals surface area contributed by atoms with Crippen molar-refractivity contribution in [3.05, 3.63) is 0 Å². The molecular formula is C13H25N3O4. The highest BCUT2D eigenvalue weighted by atomic mass is 16.4. The van der Waals surface area contributed by atoms with E-state index >= 15 is 0 Å². The second kappa shape index (κ2) is 8.39. The van der Waals surface area contributed by atoms with Gasteiger partial charge in [-0.3, -0.25) is 9.59 Å². The van der Waals surface area contributed by atoms with Crippen LogP contribution in [0.25, 0.3) is 0 Å². The summed E-state index contributed by atoms with van der Waals surface area (Å²) >= 11 is 0. The molecule has 0 aromatic rings. The van der Waals surface area contributed by atoms with Gasteiger partial charge in [-0.1, -0.05) is 13.8 Å². The summed E-state index contributed by atoms with van der Waals surface area (Å²) in [6.07, 6.45) is 0.847. The fraction of sp³-hybridized carbons (Fsp3) is 0.769. The lowest BCUT2D eigenvalue weighted by atomic mass is 9.82. The minimum absolute atomic E-state index is 0.00667.